The van der Waals surface area contributed by atoms with E-state index in [-0.39, 0.29) is 17.3 Å². The van der Waals surface area contributed by atoms with Gasteiger partial charge < -0.3 is 0 Å². The summed E-state index contributed by atoms with van der Waals surface area (Å²) in [6.07, 6.45) is 0.557. The molecule has 0 aliphatic heterocycles. The number of fused-ring (bicyclic) bond motifs is 1. The third kappa shape index (κ3) is 2.49. The first kappa shape index (κ1) is 15.0. The first-order chi connectivity index (χ1) is 10.4. The number of hydrogen-bond acceptors (Lipinski definition) is 1. The molecule has 3 rings (SSSR count). The Morgan fingerprint density at radius 1 is 0.909 bits per heavy atom. The summed E-state index contributed by atoms with van der Waals surface area (Å²) < 4.78 is 0. The molecule has 0 saturated carbocycles. The highest BCUT2D eigenvalue weighted by atomic mass is 16.1. The summed E-state index contributed by atoms with van der Waals surface area (Å²) in [5.74, 6) is 0.551. The van der Waals surface area contributed by atoms with Crippen molar-refractivity contribution in [1.29, 1.82) is 0 Å². The van der Waals surface area contributed by atoms with Crippen LogP contribution in [0.4, 0.5) is 0 Å². The van der Waals surface area contributed by atoms with E-state index in [1.807, 2.05) is 12.1 Å². The Labute approximate surface area is 133 Å². The maximum atomic E-state index is 13.0. The lowest BCUT2D eigenvalue weighted by Gasteiger charge is -2.41. The molecule has 0 amide bonds. The molecule has 0 heterocycles. The molecule has 1 nitrogen and oxygen atoms in total. The molecule has 0 bridgehead atoms. The van der Waals surface area contributed by atoms with Crippen molar-refractivity contribution in [2.45, 2.75) is 46.0 Å². The molecule has 2 atom stereocenters. The van der Waals surface area contributed by atoms with E-state index in [1.165, 1.54) is 22.3 Å². The molecule has 114 valence electrons. The number of carbonyl (C=O) groups excluding carboxylic acids is 1. The van der Waals surface area contributed by atoms with Crippen LogP contribution in [0.1, 0.15) is 54.9 Å². The number of benzene rings is 2. The van der Waals surface area contributed by atoms with Gasteiger partial charge in [-0.25, -0.2) is 0 Å². The molecule has 0 spiro atoms. The van der Waals surface area contributed by atoms with Crippen molar-refractivity contribution in [3.05, 3.63) is 70.8 Å². The predicted octanol–water partition coefficient (Wildman–Crippen LogP) is 5.03. The molecule has 1 aliphatic carbocycles. The van der Waals surface area contributed by atoms with Crippen molar-refractivity contribution >= 4 is 5.78 Å². The lowest BCUT2D eigenvalue weighted by molar-refractivity contribution is -0.121. The van der Waals surface area contributed by atoms with Gasteiger partial charge in [-0.05, 0) is 34.6 Å². The van der Waals surface area contributed by atoms with Gasteiger partial charge in [0.1, 0.15) is 5.78 Å². The Hall–Kier alpha value is -1.89. The Bertz CT molecular complexity index is 706. The summed E-state index contributed by atoms with van der Waals surface area (Å²) in [4.78, 5) is 13.0. The van der Waals surface area contributed by atoms with Gasteiger partial charge >= 0.3 is 0 Å². The number of Topliss-reactive ketones (excluding diaryl/α,β-unsaturated/α-hetero) is 1. The average molecular weight is 292 g/mol. The monoisotopic (exact) mass is 292 g/mol. The second-order valence-electron chi connectivity index (χ2n) is 7.52. The van der Waals surface area contributed by atoms with Crippen molar-refractivity contribution in [3.63, 3.8) is 0 Å². The molecule has 22 heavy (non-hydrogen) atoms. The smallest absolute Gasteiger partial charge is 0.145 e. The second-order valence-corrected chi connectivity index (χ2v) is 7.52. The number of rotatable bonds is 1. The zero-order chi connectivity index (χ0) is 15.9. The SMILES string of the molecule is Cc1ccccc1C1C(=O)Cc2ccccc2C1C(C)(C)C. The normalized spacial score (nSPS) is 21.5. The molecule has 2 aromatic carbocycles. The van der Waals surface area contributed by atoms with E-state index >= 15 is 0 Å². The standard InChI is InChI=1S/C21H24O/c1-14-9-5-7-11-16(14)19-18(22)13-15-10-6-8-12-17(15)20(19)21(2,3)4/h5-12,19-20H,13H2,1-4H3. The summed E-state index contributed by atoms with van der Waals surface area (Å²) in [5.41, 5.74) is 5.01. The second kappa shape index (κ2) is 5.39. The topological polar surface area (TPSA) is 17.1 Å². The fourth-order valence-corrected chi connectivity index (χ4v) is 3.92. The molecular weight excluding hydrogens is 268 g/mol. The highest BCUT2D eigenvalue weighted by Crippen LogP contribution is 2.50. The molecular formula is C21H24O. The zero-order valence-electron chi connectivity index (χ0n) is 13.9. The lowest BCUT2D eigenvalue weighted by Crippen LogP contribution is -2.35. The van der Waals surface area contributed by atoms with E-state index in [0.29, 0.717) is 12.2 Å². The Morgan fingerprint density at radius 3 is 2.14 bits per heavy atom. The first-order valence-electron chi connectivity index (χ1n) is 8.05. The van der Waals surface area contributed by atoms with Crippen LogP contribution >= 0.6 is 0 Å². The minimum atomic E-state index is -0.0314. The molecule has 2 aromatic rings. The predicted molar refractivity (Wildman–Crippen MR) is 91.3 cm³/mol. The van der Waals surface area contributed by atoms with Crippen LogP contribution in [-0.4, -0.2) is 5.78 Å². The van der Waals surface area contributed by atoms with Crippen molar-refractivity contribution in [2.24, 2.45) is 5.41 Å². The molecule has 1 aliphatic rings. The number of hydrogen-bond donors (Lipinski definition) is 0. The Morgan fingerprint density at radius 2 is 1.50 bits per heavy atom. The maximum Gasteiger partial charge on any atom is 0.145 e. The van der Waals surface area contributed by atoms with Crippen molar-refractivity contribution < 1.29 is 4.79 Å². The summed E-state index contributed by atoms with van der Waals surface area (Å²) in [6, 6.07) is 16.8. The van der Waals surface area contributed by atoms with Crippen LogP contribution in [0.25, 0.3) is 0 Å². The molecule has 2 unspecified atom stereocenters. The summed E-state index contributed by atoms with van der Waals surface area (Å²) >= 11 is 0. The molecule has 1 heteroatoms. The van der Waals surface area contributed by atoms with Crippen LogP contribution in [0, 0.1) is 12.3 Å². The largest absolute Gasteiger partial charge is 0.299 e. The summed E-state index contributed by atoms with van der Waals surface area (Å²) in [7, 11) is 0. The first-order valence-corrected chi connectivity index (χ1v) is 8.05. The van der Waals surface area contributed by atoms with Crippen LogP contribution in [0.5, 0.6) is 0 Å². The van der Waals surface area contributed by atoms with Gasteiger partial charge in [0.15, 0.2) is 0 Å². The van der Waals surface area contributed by atoms with E-state index in [0.717, 1.165) is 0 Å². The van der Waals surface area contributed by atoms with Crippen LogP contribution in [-0.2, 0) is 11.2 Å². The number of aryl methyl sites for hydroxylation is 1. The van der Waals surface area contributed by atoms with Crippen molar-refractivity contribution in [1.82, 2.24) is 0 Å². The average Bonchev–Trinajstić information content (AvgIpc) is 2.45. The van der Waals surface area contributed by atoms with E-state index < -0.39 is 0 Å². The van der Waals surface area contributed by atoms with Gasteiger partial charge in [0.05, 0.1) is 5.92 Å². The minimum Gasteiger partial charge on any atom is -0.299 e. The highest BCUT2D eigenvalue weighted by molar-refractivity contribution is 5.91. The van der Waals surface area contributed by atoms with Crippen LogP contribution < -0.4 is 0 Å². The fourth-order valence-electron chi connectivity index (χ4n) is 3.92. The van der Waals surface area contributed by atoms with E-state index in [4.69, 9.17) is 0 Å². The van der Waals surface area contributed by atoms with E-state index in [2.05, 4.69) is 64.1 Å². The number of carbonyl (C=O) groups is 1. The lowest BCUT2D eigenvalue weighted by atomic mass is 9.61. The minimum absolute atomic E-state index is 0.0314. The van der Waals surface area contributed by atoms with Gasteiger partial charge in [0, 0.05) is 12.3 Å². The zero-order valence-corrected chi connectivity index (χ0v) is 13.9. The van der Waals surface area contributed by atoms with Gasteiger partial charge in [-0.3, -0.25) is 4.79 Å². The quantitative estimate of drug-likeness (QED) is 0.720. The Kier molecular flexibility index (Phi) is 3.68. The molecule has 0 saturated heterocycles. The van der Waals surface area contributed by atoms with E-state index in [9.17, 15) is 4.79 Å². The maximum absolute atomic E-state index is 13.0. The van der Waals surface area contributed by atoms with Crippen molar-refractivity contribution in [2.75, 3.05) is 0 Å². The van der Waals surface area contributed by atoms with E-state index in [1.54, 1.807) is 0 Å². The highest BCUT2D eigenvalue weighted by Gasteiger charge is 2.42. The Balaban J connectivity index is 2.21. The molecule has 0 N–H and O–H groups in total. The fraction of sp³-hybridized carbons (Fsp3) is 0.381. The molecule has 0 radical (unpaired) electrons. The summed E-state index contributed by atoms with van der Waals surface area (Å²) in [5, 5.41) is 0. The number of ketones is 1. The van der Waals surface area contributed by atoms with Gasteiger partial charge in [-0.15, -0.1) is 0 Å². The van der Waals surface area contributed by atoms with Gasteiger partial charge in [-0.1, -0.05) is 69.3 Å². The van der Waals surface area contributed by atoms with Gasteiger partial charge in [-0.2, -0.15) is 0 Å². The third-order valence-corrected chi connectivity index (χ3v) is 4.89. The van der Waals surface area contributed by atoms with Gasteiger partial charge in [0.2, 0.25) is 0 Å². The molecule has 0 fully saturated rings. The third-order valence-electron chi connectivity index (χ3n) is 4.89. The van der Waals surface area contributed by atoms with Crippen LogP contribution in [0.2, 0.25) is 0 Å². The van der Waals surface area contributed by atoms with Crippen molar-refractivity contribution in [3.8, 4) is 0 Å². The molecule has 0 aromatic heterocycles. The van der Waals surface area contributed by atoms with Crippen LogP contribution in [0.3, 0.4) is 0 Å². The van der Waals surface area contributed by atoms with Crippen LogP contribution in [0.15, 0.2) is 48.5 Å². The van der Waals surface area contributed by atoms with Gasteiger partial charge in [0.25, 0.3) is 0 Å². The summed E-state index contributed by atoms with van der Waals surface area (Å²) in [6.45, 7) is 8.86.